The van der Waals surface area contributed by atoms with E-state index in [-0.39, 0.29) is 18.3 Å². The van der Waals surface area contributed by atoms with E-state index in [1.165, 1.54) is 12.8 Å². The maximum Gasteiger partial charge on any atom is 0.0830 e. The van der Waals surface area contributed by atoms with Gasteiger partial charge < -0.3 is 9.47 Å². The first-order chi connectivity index (χ1) is 6.11. The minimum absolute atomic E-state index is 0.205. The molecule has 0 saturated heterocycles. The Hall–Kier alpha value is -0.0800. The van der Waals surface area contributed by atoms with E-state index < -0.39 is 0 Å². The summed E-state index contributed by atoms with van der Waals surface area (Å²) in [7, 11) is 1.76. The number of unbranched alkanes of at least 4 members (excludes halogenated alkanes) is 1. The van der Waals surface area contributed by atoms with Gasteiger partial charge in [0.1, 0.15) is 0 Å². The summed E-state index contributed by atoms with van der Waals surface area (Å²) in [6, 6.07) is 0. The van der Waals surface area contributed by atoms with Gasteiger partial charge >= 0.3 is 0 Å². The molecule has 0 amide bonds. The van der Waals surface area contributed by atoms with Crippen molar-refractivity contribution in [2.75, 3.05) is 7.11 Å². The van der Waals surface area contributed by atoms with Crippen molar-refractivity contribution in [1.82, 2.24) is 0 Å². The van der Waals surface area contributed by atoms with Crippen LogP contribution in [0.2, 0.25) is 0 Å². The molecule has 0 N–H and O–H groups in total. The van der Waals surface area contributed by atoms with Gasteiger partial charge in [0.2, 0.25) is 0 Å². The van der Waals surface area contributed by atoms with E-state index in [2.05, 4.69) is 27.7 Å². The van der Waals surface area contributed by atoms with Crippen LogP contribution >= 0.6 is 0 Å². The lowest BCUT2D eigenvalue weighted by Gasteiger charge is -2.24. The Labute approximate surface area is 82.6 Å². The van der Waals surface area contributed by atoms with Gasteiger partial charge in [0.25, 0.3) is 0 Å². The van der Waals surface area contributed by atoms with E-state index in [4.69, 9.17) is 9.47 Å². The molecule has 13 heavy (non-hydrogen) atoms. The lowest BCUT2D eigenvalue weighted by atomic mass is 10.1. The first kappa shape index (κ1) is 12.9. The van der Waals surface area contributed by atoms with Gasteiger partial charge in [-0.15, -0.1) is 0 Å². The van der Waals surface area contributed by atoms with Crippen LogP contribution in [0.25, 0.3) is 0 Å². The molecule has 0 rings (SSSR count). The number of hydrogen-bond donors (Lipinski definition) is 0. The molecule has 0 fully saturated rings. The second-order valence-electron chi connectivity index (χ2n) is 3.81. The van der Waals surface area contributed by atoms with E-state index in [1.807, 2.05) is 0 Å². The van der Waals surface area contributed by atoms with E-state index in [0.29, 0.717) is 0 Å². The molecule has 80 valence electrons. The van der Waals surface area contributed by atoms with Crippen LogP contribution in [0.1, 0.15) is 47.0 Å². The minimum Gasteiger partial charge on any atom is -0.379 e. The third-order valence-corrected chi connectivity index (χ3v) is 2.16. The van der Waals surface area contributed by atoms with Crippen LogP contribution in [0.4, 0.5) is 0 Å². The molecule has 0 aliphatic heterocycles. The average Bonchev–Trinajstić information content (AvgIpc) is 2.04. The van der Waals surface area contributed by atoms with Crippen LogP contribution in [-0.4, -0.2) is 25.4 Å². The summed E-state index contributed by atoms with van der Waals surface area (Å²) in [4.78, 5) is 0. The molecule has 0 aliphatic carbocycles. The third kappa shape index (κ3) is 6.05. The van der Waals surface area contributed by atoms with Crippen molar-refractivity contribution in [3.63, 3.8) is 0 Å². The fourth-order valence-corrected chi connectivity index (χ4v) is 1.47. The number of methoxy groups -OCH3 is 1. The van der Waals surface area contributed by atoms with Gasteiger partial charge in [-0.3, -0.25) is 0 Å². The van der Waals surface area contributed by atoms with Crippen molar-refractivity contribution in [2.45, 2.75) is 65.3 Å². The van der Waals surface area contributed by atoms with Crippen LogP contribution in [-0.2, 0) is 9.47 Å². The molecule has 0 heterocycles. The molecular weight excluding hydrogens is 164 g/mol. The fourth-order valence-electron chi connectivity index (χ4n) is 1.47. The first-order valence-electron chi connectivity index (χ1n) is 5.30. The minimum atomic E-state index is 0.205. The predicted octanol–water partition coefficient (Wildman–Crippen LogP) is 3.01. The highest BCUT2D eigenvalue weighted by atomic mass is 16.5. The average molecular weight is 188 g/mol. The highest BCUT2D eigenvalue weighted by Crippen LogP contribution is 2.12. The van der Waals surface area contributed by atoms with Crippen LogP contribution in [0.3, 0.4) is 0 Å². The highest BCUT2D eigenvalue weighted by molar-refractivity contribution is 4.66. The van der Waals surface area contributed by atoms with Crippen molar-refractivity contribution in [2.24, 2.45) is 0 Å². The van der Waals surface area contributed by atoms with Gasteiger partial charge in [-0.1, -0.05) is 19.8 Å². The zero-order valence-electron chi connectivity index (χ0n) is 9.67. The van der Waals surface area contributed by atoms with E-state index >= 15 is 0 Å². The second-order valence-corrected chi connectivity index (χ2v) is 3.81. The van der Waals surface area contributed by atoms with Crippen LogP contribution in [0, 0.1) is 0 Å². The molecular formula is C11H24O2. The zero-order chi connectivity index (χ0) is 10.3. The summed E-state index contributed by atoms with van der Waals surface area (Å²) < 4.78 is 11.1. The van der Waals surface area contributed by atoms with Crippen molar-refractivity contribution in [3.05, 3.63) is 0 Å². The van der Waals surface area contributed by atoms with Gasteiger partial charge in [0, 0.05) is 7.11 Å². The van der Waals surface area contributed by atoms with Crippen LogP contribution < -0.4 is 0 Å². The molecule has 2 nitrogen and oxygen atoms in total. The maximum atomic E-state index is 5.68. The Balaban J connectivity index is 3.77. The van der Waals surface area contributed by atoms with Gasteiger partial charge in [-0.05, 0) is 27.2 Å². The van der Waals surface area contributed by atoms with E-state index in [9.17, 15) is 0 Å². The Bertz CT molecular complexity index is 113. The molecule has 2 atom stereocenters. The Morgan fingerprint density at radius 1 is 1.15 bits per heavy atom. The summed E-state index contributed by atoms with van der Waals surface area (Å²) >= 11 is 0. The molecule has 2 unspecified atom stereocenters. The smallest absolute Gasteiger partial charge is 0.0830 e. The molecule has 0 aliphatic rings. The molecule has 0 aromatic heterocycles. The number of hydrogen-bond acceptors (Lipinski definition) is 2. The van der Waals surface area contributed by atoms with Gasteiger partial charge in [0.15, 0.2) is 0 Å². The highest BCUT2D eigenvalue weighted by Gasteiger charge is 2.17. The molecule has 0 aromatic rings. The van der Waals surface area contributed by atoms with E-state index in [0.717, 1.165) is 6.42 Å². The standard InChI is InChI=1S/C11H24O2/c1-6-7-8-11(12-5)10(4)13-9(2)3/h9-11H,6-8H2,1-5H3. The van der Waals surface area contributed by atoms with Crippen LogP contribution in [0.5, 0.6) is 0 Å². The largest absolute Gasteiger partial charge is 0.379 e. The maximum absolute atomic E-state index is 5.68. The Morgan fingerprint density at radius 2 is 1.77 bits per heavy atom. The van der Waals surface area contributed by atoms with Crippen molar-refractivity contribution >= 4 is 0 Å². The van der Waals surface area contributed by atoms with Crippen LogP contribution in [0.15, 0.2) is 0 Å². The quantitative estimate of drug-likeness (QED) is 0.611. The fraction of sp³-hybridized carbons (Fsp3) is 1.00. The summed E-state index contributed by atoms with van der Waals surface area (Å²) in [5, 5.41) is 0. The molecule has 0 spiro atoms. The molecule has 2 heteroatoms. The lowest BCUT2D eigenvalue weighted by Crippen LogP contribution is -2.30. The Morgan fingerprint density at radius 3 is 2.15 bits per heavy atom. The van der Waals surface area contributed by atoms with Crippen molar-refractivity contribution in [3.8, 4) is 0 Å². The Kier molecular flexibility index (Phi) is 7.29. The summed E-state index contributed by atoms with van der Waals surface area (Å²) in [6.07, 6.45) is 4.27. The molecule has 0 saturated carbocycles. The van der Waals surface area contributed by atoms with E-state index in [1.54, 1.807) is 7.11 Å². The predicted molar refractivity (Wildman–Crippen MR) is 56.0 cm³/mol. The summed E-state index contributed by atoms with van der Waals surface area (Å²) in [5.74, 6) is 0. The molecule has 0 radical (unpaired) electrons. The van der Waals surface area contributed by atoms with Gasteiger partial charge in [0.05, 0.1) is 18.3 Å². The first-order valence-corrected chi connectivity index (χ1v) is 5.30. The normalized spacial score (nSPS) is 16.2. The number of ether oxygens (including phenoxy) is 2. The topological polar surface area (TPSA) is 18.5 Å². The number of rotatable bonds is 7. The second kappa shape index (κ2) is 7.34. The zero-order valence-corrected chi connectivity index (χ0v) is 9.67. The van der Waals surface area contributed by atoms with Crippen molar-refractivity contribution < 1.29 is 9.47 Å². The SMILES string of the molecule is CCCCC(OC)C(C)OC(C)C. The lowest BCUT2D eigenvalue weighted by molar-refractivity contribution is -0.0735. The molecule has 0 aromatic carbocycles. The monoisotopic (exact) mass is 188 g/mol. The third-order valence-electron chi connectivity index (χ3n) is 2.16. The van der Waals surface area contributed by atoms with Crippen molar-refractivity contribution in [1.29, 1.82) is 0 Å². The summed E-state index contributed by atoms with van der Waals surface area (Å²) in [5.41, 5.74) is 0. The van der Waals surface area contributed by atoms with Gasteiger partial charge in [-0.25, -0.2) is 0 Å². The molecule has 0 bridgehead atoms. The van der Waals surface area contributed by atoms with Gasteiger partial charge in [-0.2, -0.15) is 0 Å². The summed E-state index contributed by atoms with van der Waals surface area (Å²) in [6.45, 7) is 8.40.